The summed E-state index contributed by atoms with van der Waals surface area (Å²) in [7, 11) is 2.01. The Bertz CT molecular complexity index is 1700. The molecule has 2 heterocycles. The van der Waals surface area contributed by atoms with Gasteiger partial charge in [0, 0.05) is 63.0 Å². The van der Waals surface area contributed by atoms with Gasteiger partial charge in [-0.15, -0.1) is 0 Å². The van der Waals surface area contributed by atoms with Crippen LogP contribution in [0.3, 0.4) is 0 Å². The van der Waals surface area contributed by atoms with Crippen molar-refractivity contribution >= 4 is 35.0 Å². The summed E-state index contributed by atoms with van der Waals surface area (Å²) in [6, 6.07) is 5.10. The van der Waals surface area contributed by atoms with E-state index in [2.05, 4.69) is 25.7 Å². The number of halogens is 1. The molecule has 0 bridgehead atoms. The van der Waals surface area contributed by atoms with Gasteiger partial charge in [0.25, 0.3) is 11.5 Å². The molecule has 4 atom stereocenters. The number of carbonyl (C=O) groups is 4. The highest BCUT2D eigenvalue weighted by Crippen LogP contribution is 2.50. The van der Waals surface area contributed by atoms with E-state index in [9.17, 15) is 24.0 Å². The number of aromatic nitrogens is 1. The Morgan fingerprint density at radius 1 is 1.11 bits per heavy atom. The number of nitrogens with zero attached hydrogens (tertiary/aromatic N) is 3. The van der Waals surface area contributed by atoms with Crippen molar-refractivity contribution in [2.24, 2.45) is 40.1 Å². The molecule has 1 aromatic carbocycles. The number of benzene rings is 1. The minimum absolute atomic E-state index is 0.118. The Morgan fingerprint density at radius 3 is 2.32 bits per heavy atom. The Hall–Kier alpha value is -4.79. The molecule has 4 amide bonds. The van der Waals surface area contributed by atoms with Crippen molar-refractivity contribution in [3.63, 3.8) is 0 Å². The van der Waals surface area contributed by atoms with Crippen LogP contribution in [0.15, 0.2) is 50.9 Å². The molecule has 4 unspecified atom stereocenters. The number of amides is 4. The fourth-order valence-corrected chi connectivity index (χ4v) is 6.72. The van der Waals surface area contributed by atoms with Crippen LogP contribution in [-0.4, -0.2) is 89.6 Å². The number of hydrogen-bond acceptors (Lipinski definition) is 9. The number of primary amides is 1. The van der Waals surface area contributed by atoms with Gasteiger partial charge in [0.15, 0.2) is 0 Å². The first kappa shape index (κ1) is 41.0. The second kappa shape index (κ2) is 18.8. The Balaban J connectivity index is 0.000000550. The quantitative estimate of drug-likeness (QED) is 0.171. The molecule has 0 radical (unpaired) electrons. The number of piperazine rings is 1. The maximum Gasteiger partial charge on any atom is 0.280 e. The highest BCUT2D eigenvalue weighted by atomic mass is 19.1. The summed E-state index contributed by atoms with van der Waals surface area (Å²) in [4.78, 5) is 69.6. The fourth-order valence-electron chi connectivity index (χ4n) is 6.72. The minimum atomic E-state index is -0.943. The first-order valence-electron chi connectivity index (χ1n) is 18.5. The molecule has 3 aliphatic rings. The molecule has 1 aromatic heterocycles. The van der Waals surface area contributed by atoms with E-state index in [1.54, 1.807) is 30.9 Å². The van der Waals surface area contributed by atoms with Crippen LogP contribution >= 0.6 is 0 Å². The molecule has 1 saturated heterocycles. The number of carbonyl (C=O) groups excluding carboxylic acids is 4. The third kappa shape index (κ3) is 11.9. The number of hydrogen-bond donors (Lipinski definition) is 5. The topological polar surface area (TPSA) is 209 Å². The predicted octanol–water partition coefficient (Wildman–Crippen LogP) is 2.91. The summed E-state index contributed by atoms with van der Waals surface area (Å²) in [6.45, 7) is 9.61. The Morgan fingerprint density at radius 2 is 1.79 bits per heavy atom. The van der Waals surface area contributed by atoms with Crippen molar-refractivity contribution in [2.45, 2.75) is 84.2 Å². The summed E-state index contributed by atoms with van der Waals surface area (Å²) in [6.07, 6.45) is 7.94. The number of likely N-dealkylation sites (N-methyl/N-ethyl adjacent to an activating group) is 1. The van der Waals surface area contributed by atoms with Crippen LogP contribution in [-0.2, 0) is 25.6 Å². The molecule has 2 aliphatic carbocycles. The van der Waals surface area contributed by atoms with Gasteiger partial charge in [-0.25, -0.2) is 4.39 Å². The van der Waals surface area contributed by atoms with E-state index in [0.29, 0.717) is 61.7 Å². The van der Waals surface area contributed by atoms with Crippen LogP contribution in [0.4, 0.5) is 10.1 Å². The number of aliphatic imine (C=N–C) groups is 1. The van der Waals surface area contributed by atoms with Gasteiger partial charge < -0.3 is 36.4 Å². The third-order valence-electron chi connectivity index (χ3n) is 10.4. The monoisotopic (exact) mass is 738 g/mol. The molecule has 7 N–H and O–H groups in total. The standard InChI is InChI=1S/C32H44FN5O5.C6H11N3O/c1-18(13-24-15-29(40)36-43-24)31(41)35-30(32(42)38-12-11-37(4)19(2)17-38)20(3)23-9-10-27(26(33)14-23)34-28(39)16-25(21-5-6-21)22-7-8-22;1-2-9-5(3-4-7)6(8)10/h9-10,14-15,18-22,25,30H,5-8,11-13,16-17H2,1-4H3,(H,34,39)(H,35,41)(H,36,40);3-4H,2,7H2,1H3,(H2,8,10)/b;4-3-,9-5?. The lowest BCUT2D eigenvalue weighted by Crippen LogP contribution is -2.58. The smallest absolute Gasteiger partial charge is 0.280 e. The van der Waals surface area contributed by atoms with E-state index in [0.717, 1.165) is 0 Å². The van der Waals surface area contributed by atoms with Crippen LogP contribution in [0.2, 0.25) is 0 Å². The van der Waals surface area contributed by atoms with Crippen LogP contribution in [0.5, 0.6) is 0 Å². The first-order chi connectivity index (χ1) is 25.2. The van der Waals surface area contributed by atoms with Crippen molar-refractivity contribution < 1.29 is 28.1 Å². The zero-order valence-corrected chi connectivity index (χ0v) is 31.4. The summed E-state index contributed by atoms with van der Waals surface area (Å²) in [5.41, 5.74) is 10.4. The summed E-state index contributed by atoms with van der Waals surface area (Å²) in [5, 5.41) is 7.90. The number of H-pyrrole nitrogens is 1. The molecule has 290 valence electrons. The van der Waals surface area contributed by atoms with E-state index in [1.807, 2.05) is 20.9 Å². The second-order valence-electron chi connectivity index (χ2n) is 14.6. The zero-order valence-electron chi connectivity index (χ0n) is 31.4. The van der Waals surface area contributed by atoms with Crippen molar-refractivity contribution in [1.82, 2.24) is 20.3 Å². The third-order valence-corrected chi connectivity index (χ3v) is 10.4. The summed E-state index contributed by atoms with van der Waals surface area (Å²) in [5.74, 6) is -1.05. The van der Waals surface area contributed by atoms with E-state index in [-0.39, 0.29) is 47.1 Å². The maximum absolute atomic E-state index is 15.4. The molecular weight excluding hydrogens is 683 g/mol. The average Bonchev–Trinajstić information content (AvgIpc) is 4.06. The van der Waals surface area contributed by atoms with Crippen molar-refractivity contribution in [3.05, 3.63) is 64.0 Å². The zero-order chi connectivity index (χ0) is 38.8. The van der Waals surface area contributed by atoms with Crippen LogP contribution in [0.25, 0.3) is 0 Å². The highest BCUT2D eigenvalue weighted by Gasteiger charge is 2.42. The Kier molecular flexibility index (Phi) is 14.5. The van der Waals surface area contributed by atoms with Gasteiger partial charge in [0.05, 0.1) is 5.69 Å². The maximum atomic E-state index is 15.4. The minimum Gasteiger partial charge on any atom is -0.405 e. The summed E-state index contributed by atoms with van der Waals surface area (Å²) >= 11 is 0. The van der Waals surface area contributed by atoms with Gasteiger partial charge in [-0.05, 0) is 94.3 Å². The highest BCUT2D eigenvalue weighted by molar-refractivity contribution is 6.42. The Labute approximate surface area is 310 Å². The second-order valence-corrected chi connectivity index (χ2v) is 14.6. The largest absolute Gasteiger partial charge is 0.405 e. The molecular formula is C38H55FN8O6. The van der Waals surface area contributed by atoms with Crippen molar-refractivity contribution in [3.8, 4) is 0 Å². The molecule has 53 heavy (non-hydrogen) atoms. The van der Waals surface area contributed by atoms with Gasteiger partial charge in [0.2, 0.25) is 17.7 Å². The van der Waals surface area contributed by atoms with Gasteiger partial charge in [-0.2, -0.15) is 5.16 Å². The number of nitrogens with two attached hydrogens (primary N) is 2. The molecule has 2 aromatic rings. The van der Waals surface area contributed by atoms with E-state index >= 15 is 4.39 Å². The van der Waals surface area contributed by atoms with Gasteiger partial charge >= 0.3 is 0 Å². The molecule has 0 spiro atoms. The lowest BCUT2D eigenvalue weighted by Gasteiger charge is -2.40. The summed E-state index contributed by atoms with van der Waals surface area (Å²) < 4.78 is 20.5. The van der Waals surface area contributed by atoms with Crippen LogP contribution in [0, 0.1) is 29.5 Å². The number of anilines is 1. The first-order valence-corrected chi connectivity index (χ1v) is 18.5. The van der Waals surface area contributed by atoms with Crippen LogP contribution < -0.4 is 27.7 Å². The number of aromatic amines is 1. The van der Waals surface area contributed by atoms with E-state index in [4.69, 9.17) is 16.0 Å². The molecule has 5 rings (SSSR count). The van der Waals surface area contributed by atoms with E-state index < -0.39 is 29.6 Å². The number of rotatable bonds is 15. The van der Waals surface area contributed by atoms with Crippen molar-refractivity contribution in [2.75, 3.05) is 38.5 Å². The lowest BCUT2D eigenvalue weighted by molar-refractivity contribution is -0.140. The SMILES string of the molecule is CC(Cc1cc(=O)[nH]o1)C(=O)NC(C(=O)N1CCN(C)C(C)C1)C(C)c1ccc(NC(=O)CC(C2CC2)C2CC2)c(F)c1.CCN=C(/C=C\N)C(N)=O. The fraction of sp³-hybridized carbons (Fsp3) is 0.579. The van der Waals surface area contributed by atoms with Gasteiger partial charge in [-0.1, -0.05) is 19.9 Å². The molecule has 15 heteroatoms. The molecule has 1 aliphatic heterocycles. The predicted molar refractivity (Wildman–Crippen MR) is 200 cm³/mol. The average molecular weight is 739 g/mol. The number of nitrogens with one attached hydrogen (secondary N) is 3. The van der Waals surface area contributed by atoms with Gasteiger partial charge in [0.1, 0.15) is 23.3 Å². The molecule has 2 saturated carbocycles. The van der Waals surface area contributed by atoms with Crippen LogP contribution in [0.1, 0.15) is 77.0 Å². The normalized spacial score (nSPS) is 19.6. The molecule has 3 fully saturated rings. The van der Waals surface area contributed by atoms with Crippen molar-refractivity contribution in [1.29, 1.82) is 0 Å². The molecule has 14 nitrogen and oxygen atoms in total. The van der Waals surface area contributed by atoms with E-state index in [1.165, 1.54) is 50.1 Å². The van der Waals surface area contributed by atoms with Gasteiger partial charge in [-0.3, -0.25) is 29.0 Å². The lowest BCUT2D eigenvalue weighted by atomic mass is 9.90.